The molecule has 1 amide bonds. The Labute approximate surface area is 155 Å². The van der Waals surface area contributed by atoms with Crippen molar-refractivity contribution in [2.45, 2.75) is 32.9 Å². The molecule has 146 valence electrons. The van der Waals surface area contributed by atoms with Crippen molar-refractivity contribution in [3.8, 4) is 0 Å². The topological polar surface area (TPSA) is 109 Å². The highest BCUT2D eigenvalue weighted by Gasteiger charge is 2.09. The third-order valence-corrected chi connectivity index (χ3v) is 4.43. The molecule has 9 heteroatoms. The maximum absolute atomic E-state index is 11.3. The normalized spacial score (nSPS) is 13.0. The van der Waals surface area contributed by atoms with Gasteiger partial charge in [0.2, 0.25) is 0 Å². The van der Waals surface area contributed by atoms with Gasteiger partial charge in [0, 0.05) is 24.5 Å². The van der Waals surface area contributed by atoms with E-state index in [0.29, 0.717) is 31.2 Å². The molecule has 0 saturated heterocycles. The van der Waals surface area contributed by atoms with Gasteiger partial charge in [-0.1, -0.05) is 12.1 Å². The van der Waals surface area contributed by atoms with E-state index >= 15 is 0 Å². The number of aliphatic imine (C=N–C) groups is 1. The van der Waals surface area contributed by atoms with Crippen LogP contribution in [0.15, 0.2) is 29.3 Å². The van der Waals surface area contributed by atoms with Gasteiger partial charge in [-0.15, -0.1) is 0 Å². The molecule has 0 aliphatic rings. The minimum absolute atomic E-state index is 0.0193. The molecule has 0 aromatic heterocycles. The maximum Gasteiger partial charge on any atom is 0.411 e. The third kappa shape index (κ3) is 9.26. The first kappa shape index (κ1) is 21.8. The number of hydrogen-bond acceptors (Lipinski definition) is 5. The van der Waals surface area contributed by atoms with Crippen molar-refractivity contribution in [3.63, 3.8) is 0 Å². The highest BCUT2D eigenvalue weighted by Crippen LogP contribution is 2.10. The summed E-state index contributed by atoms with van der Waals surface area (Å²) in [6.45, 7) is 5.04. The average Bonchev–Trinajstić information content (AvgIpc) is 2.58. The smallest absolute Gasteiger partial charge is 0.411 e. The van der Waals surface area contributed by atoms with Crippen molar-refractivity contribution in [2.75, 3.05) is 31.0 Å². The lowest BCUT2D eigenvalue weighted by atomic mass is 10.2. The minimum Gasteiger partial charge on any atom is -0.453 e. The van der Waals surface area contributed by atoms with Crippen LogP contribution < -0.4 is 16.0 Å². The second-order valence-electron chi connectivity index (χ2n) is 5.97. The zero-order valence-electron chi connectivity index (χ0n) is 15.7. The summed E-state index contributed by atoms with van der Waals surface area (Å²) in [6.07, 6.45) is 1.23. The summed E-state index contributed by atoms with van der Waals surface area (Å²) in [4.78, 5) is 15.7. The lowest BCUT2D eigenvalue weighted by Gasteiger charge is -2.17. The predicted octanol–water partition coefficient (Wildman–Crippen LogP) is 1.74. The van der Waals surface area contributed by atoms with E-state index in [0.717, 1.165) is 5.56 Å². The number of amides is 1. The van der Waals surface area contributed by atoms with Crippen LogP contribution in [0.25, 0.3) is 0 Å². The number of carbonyl (C=O) groups excluding carboxylic acids is 1. The van der Waals surface area contributed by atoms with E-state index in [4.69, 9.17) is 0 Å². The summed E-state index contributed by atoms with van der Waals surface area (Å²) in [5.74, 6) is 0.764. The Kier molecular flexibility index (Phi) is 8.91. The second kappa shape index (κ2) is 10.6. The van der Waals surface area contributed by atoms with Crippen molar-refractivity contribution in [2.24, 2.45) is 4.99 Å². The van der Waals surface area contributed by atoms with E-state index in [1.807, 2.05) is 26.0 Å². The Balaban J connectivity index is 2.63. The highest BCUT2D eigenvalue weighted by atomic mass is 32.2. The molecule has 0 heterocycles. The highest BCUT2D eigenvalue weighted by molar-refractivity contribution is 7.90. The van der Waals surface area contributed by atoms with Gasteiger partial charge in [0.1, 0.15) is 9.84 Å². The van der Waals surface area contributed by atoms with Crippen LogP contribution in [-0.2, 0) is 21.1 Å². The van der Waals surface area contributed by atoms with Crippen molar-refractivity contribution in [1.29, 1.82) is 0 Å². The number of hydrogen-bond donors (Lipinski definition) is 3. The predicted molar refractivity (Wildman–Crippen MR) is 104 cm³/mol. The van der Waals surface area contributed by atoms with Crippen LogP contribution in [0.5, 0.6) is 0 Å². The standard InChI is InChI=1S/C17H28N4O4S/c1-5-18-16(20-13(2)10-11-26(4,23)24)19-12-14-6-8-15(9-7-14)21-17(22)25-3/h6-9,13H,5,10-12H2,1-4H3,(H,21,22)(H2,18,19,20). The Morgan fingerprint density at radius 2 is 1.92 bits per heavy atom. The SMILES string of the molecule is CCNC(=NCc1ccc(NC(=O)OC)cc1)NC(C)CCS(C)(=O)=O. The van der Waals surface area contributed by atoms with Gasteiger partial charge in [0.05, 0.1) is 19.4 Å². The fourth-order valence-electron chi connectivity index (χ4n) is 2.05. The van der Waals surface area contributed by atoms with Crippen molar-refractivity contribution < 1.29 is 17.9 Å². The van der Waals surface area contributed by atoms with Crippen molar-refractivity contribution >= 4 is 27.6 Å². The molecule has 0 aliphatic carbocycles. The number of ether oxygens (including phenoxy) is 1. The fraction of sp³-hybridized carbons (Fsp3) is 0.529. The van der Waals surface area contributed by atoms with E-state index in [1.165, 1.54) is 13.4 Å². The summed E-state index contributed by atoms with van der Waals surface area (Å²) in [5.41, 5.74) is 1.62. The first-order valence-corrected chi connectivity index (χ1v) is 10.5. The Bertz CT molecular complexity index is 702. The number of anilines is 1. The number of nitrogens with zero attached hydrogens (tertiary/aromatic N) is 1. The third-order valence-electron chi connectivity index (χ3n) is 3.45. The number of methoxy groups -OCH3 is 1. The van der Waals surface area contributed by atoms with Crippen molar-refractivity contribution in [1.82, 2.24) is 10.6 Å². The lowest BCUT2D eigenvalue weighted by molar-refractivity contribution is 0.187. The van der Waals surface area contributed by atoms with Crippen molar-refractivity contribution in [3.05, 3.63) is 29.8 Å². The summed E-state index contributed by atoms with van der Waals surface area (Å²) >= 11 is 0. The van der Waals surface area contributed by atoms with Crippen LogP contribution in [0, 0.1) is 0 Å². The van der Waals surface area contributed by atoms with E-state index < -0.39 is 15.9 Å². The van der Waals surface area contributed by atoms with Gasteiger partial charge in [-0.05, 0) is 38.0 Å². The van der Waals surface area contributed by atoms with Crippen LogP contribution >= 0.6 is 0 Å². The lowest BCUT2D eigenvalue weighted by Crippen LogP contribution is -2.42. The maximum atomic E-state index is 11.3. The molecule has 0 radical (unpaired) electrons. The molecule has 1 atom stereocenters. The van der Waals surface area contributed by atoms with Gasteiger partial charge in [-0.3, -0.25) is 5.32 Å². The van der Waals surface area contributed by atoms with Crippen LogP contribution in [0.1, 0.15) is 25.8 Å². The van der Waals surface area contributed by atoms with Gasteiger partial charge in [-0.25, -0.2) is 18.2 Å². The molecule has 1 unspecified atom stereocenters. The van der Waals surface area contributed by atoms with Gasteiger partial charge < -0.3 is 15.4 Å². The Hall–Kier alpha value is -2.29. The number of carbonyl (C=O) groups is 1. The molecule has 0 aliphatic heterocycles. The Morgan fingerprint density at radius 1 is 1.27 bits per heavy atom. The number of sulfone groups is 1. The summed E-state index contributed by atoms with van der Waals surface area (Å²) in [5, 5.41) is 8.93. The zero-order chi connectivity index (χ0) is 19.6. The largest absolute Gasteiger partial charge is 0.453 e. The molecule has 26 heavy (non-hydrogen) atoms. The monoisotopic (exact) mass is 384 g/mol. The van der Waals surface area contributed by atoms with E-state index in [2.05, 4.69) is 25.7 Å². The van der Waals surface area contributed by atoms with Crippen LogP contribution in [-0.4, -0.2) is 52.2 Å². The number of rotatable bonds is 8. The van der Waals surface area contributed by atoms with Crippen LogP contribution in [0.4, 0.5) is 10.5 Å². The molecule has 0 spiro atoms. The first-order chi connectivity index (χ1) is 12.2. The quantitative estimate of drug-likeness (QED) is 0.465. The molecular weight excluding hydrogens is 356 g/mol. The first-order valence-electron chi connectivity index (χ1n) is 8.40. The molecule has 3 N–H and O–H groups in total. The number of guanidine groups is 1. The molecule has 1 aromatic rings. The van der Waals surface area contributed by atoms with Gasteiger partial charge in [-0.2, -0.15) is 0 Å². The minimum atomic E-state index is -2.98. The Morgan fingerprint density at radius 3 is 2.46 bits per heavy atom. The van der Waals surface area contributed by atoms with E-state index in [1.54, 1.807) is 12.1 Å². The molecular formula is C17H28N4O4S. The number of nitrogens with one attached hydrogen (secondary N) is 3. The summed E-state index contributed by atoms with van der Waals surface area (Å²) < 4.78 is 27.1. The van der Waals surface area contributed by atoms with Crippen LogP contribution in [0.2, 0.25) is 0 Å². The molecule has 8 nitrogen and oxygen atoms in total. The molecule has 0 bridgehead atoms. The van der Waals surface area contributed by atoms with E-state index in [9.17, 15) is 13.2 Å². The van der Waals surface area contributed by atoms with Gasteiger partial charge in [0.15, 0.2) is 5.96 Å². The second-order valence-corrected chi connectivity index (χ2v) is 8.23. The molecule has 1 rings (SSSR count). The van der Waals surface area contributed by atoms with Gasteiger partial charge >= 0.3 is 6.09 Å². The summed E-state index contributed by atoms with van der Waals surface area (Å²) in [7, 11) is -1.67. The summed E-state index contributed by atoms with van der Waals surface area (Å²) in [6, 6.07) is 7.26. The molecule has 0 fully saturated rings. The van der Waals surface area contributed by atoms with Crippen LogP contribution in [0.3, 0.4) is 0 Å². The molecule has 0 saturated carbocycles. The average molecular weight is 385 g/mol. The molecule has 1 aromatic carbocycles. The van der Waals surface area contributed by atoms with E-state index in [-0.39, 0.29) is 11.8 Å². The number of benzene rings is 1. The fourth-order valence-corrected chi connectivity index (χ4v) is 2.83. The van der Waals surface area contributed by atoms with Gasteiger partial charge in [0.25, 0.3) is 0 Å². The zero-order valence-corrected chi connectivity index (χ0v) is 16.5.